The van der Waals surface area contributed by atoms with Crippen LogP contribution < -0.4 is 14.8 Å². The molecule has 0 unspecified atom stereocenters. The van der Waals surface area contributed by atoms with E-state index >= 15 is 0 Å². The molecular formula is C16H11Cl2NO3. The zero-order chi connectivity index (χ0) is 15.5. The van der Waals surface area contributed by atoms with Crippen LogP contribution in [0.4, 0.5) is 5.69 Å². The minimum absolute atomic E-state index is 0.154. The smallest absolute Gasteiger partial charge is 0.231 e. The predicted octanol–water partition coefficient (Wildman–Crippen LogP) is 4.53. The molecule has 1 heterocycles. The SMILES string of the molecule is O=C(/C=C/Nc1cc(Cl)cc(Cl)c1)c1ccc2c(c1)OCO2. The first-order valence-electron chi connectivity index (χ1n) is 6.45. The summed E-state index contributed by atoms with van der Waals surface area (Å²) in [5, 5.41) is 3.99. The van der Waals surface area contributed by atoms with Crippen LogP contribution in [-0.4, -0.2) is 12.6 Å². The van der Waals surface area contributed by atoms with Crippen molar-refractivity contribution < 1.29 is 14.3 Å². The number of carbonyl (C=O) groups excluding carboxylic acids is 1. The van der Waals surface area contributed by atoms with E-state index in [9.17, 15) is 4.79 Å². The highest BCUT2D eigenvalue weighted by molar-refractivity contribution is 6.35. The molecule has 0 aliphatic carbocycles. The number of fused-ring (bicyclic) bond motifs is 1. The Morgan fingerprint density at radius 1 is 1.05 bits per heavy atom. The molecule has 0 amide bonds. The Bertz CT molecular complexity index is 739. The van der Waals surface area contributed by atoms with Crippen LogP contribution in [0, 0.1) is 0 Å². The Morgan fingerprint density at radius 3 is 2.55 bits per heavy atom. The molecule has 1 N–H and O–H groups in total. The first-order chi connectivity index (χ1) is 10.6. The van der Waals surface area contributed by atoms with Crippen LogP contribution in [0.3, 0.4) is 0 Å². The highest BCUT2D eigenvalue weighted by atomic mass is 35.5. The van der Waals surface area contributed by atoms with Crippen molar-refractivity contribution in [2.24, 2.45) is 0 Å². The lowest BCUT2D eigenvalue weighted by atomic mass is 10.1. The largest absolute Gasteiger partial charge is 0.454 e. The van der Waals surface area contributed by atoms with Crippen molar-refractivity contribution >= 4 is 34.7 Å². The number of nitrogens with one attached hydrogen (secondary N) is 1. The normalized spacial score (nSPS) is 12.6. The second-order valence-electron chi connectivity index (χ2n) is 4.57. The van der Waals surface area contributed by atoms with Crippen LogP contribution in [0.25, 0.3) is 0 Å². The minimum atomic E-state index is -0.154. The number of hydrogen-bond donors (Lipinski definition) is 1. The van der Waals surface area contributed by atoms with Gasteiger partial charge in [0.25, 0.3) is 0 Å². The number of allylic oxidation sites excluding steroid dienone is 1. The van der Waals surface area contributed by atoms with Gasteiger partial charge < -0.3 is 14.8 Å². The van der Waals surface area contributed by atoms with Gasteiger partial charge in [-0.05, 0) is 36.4 Å². The van der Waals surface area contributed by atoms with E-state index in [0.29, 0.717) is 32.8 Å². The molecule has 3 rings (SSSR count). The summed E-state index contributed by atoms with van der Waals surface area (Å²) in [6.45, 7) is 0.180. The molecule has 0 saturated heterocycles. The summed E-state index contributed by atoms with van der Waals surface area (Å²) in [5.41, 5.74) is 1.22. The van der Waals surface area contributed by atoms with Gasteiger partial charge in [-0.3, -0.25) is 4.79 Å². The number of halogens is 2. The molecule has 1 aliphatic rings. The second-order valence-corrected chi connectivity index (χ2v) is 5.44. The van der Waals surface area contributed by atoms with Gasteiger partial charge in [-0.15, -0.1) is 0 Å². The molecule has 4 nitrogen and oxygen atoms in total. The van der Waals surface area contributed by atoms with Crippen molar-refractivity contribution in [2.45, 2.75) is 0 Å². The maximum atomic E-state index is 12.1. The summed E-state index contributed by atoms with van der Waals surface area (Å²) in [5.74, 6) is 1.07. The predicted molar refractivity (Wildman–Crippen MR) is 86.1 cm³/mol. The first-order valence-corrected chi connectivity index (χ1v) is 7.20. The fourth-order valence-electron chi connectivity index (χ4n) is 2.00. The molecule has 2 aromatic rings. The van der Waals surface area contributed by atoms with Crippen molar-refractivity contribution in [2.75, 3.05) is 12.1 Å². The second kappa shape index (κ2) is 6.30. The number of ketones is 1. The van der Waals surface area contributed by atoms with Crippen LogP contribution in [0.5, 0.6) is 11.5 Å². The average molecular weight is 336 g/mol. The van der Waals surface area contributed by atoms with Crippen molar-refractivity contribution in [3.63, 3.8) is 0 Å². The number of anilines is 1. The molecule has 0 atom stereocenters. The van der Waals surface area contributed by atoms with Gasteiger partial charge in [0.1, 0.15) is 0 Å². The van der Waals surface area contributed by atoms with E-state index in [4.69, 9.17) is 32.7 Å². The highest BCUT2D eigenvalue weighted by Crippen LogP contribution is 2.32. The van der Waals surface area contributed by atoms with E-state index in [-0.39, 0.29) is 12.6 Å². The molecule has 112 valence electrons. The summed E-state index contributed by atoms with van der Waals surface area (Å²) in [6.07, 6.45) is 2.96. The minimum Gasteiger partial charge on any atom is -0.454 e. The van der Waals surface area contributed by atoms with Gasteiger partial charge >= 0.3 is 0 Å². The summed E-state index contributed by atoms with van der Waals surface area (Å²) in [7, 11) is 0. The van der Waals surface area contributed by atoms with Crippen LogP contribution in [0.15, 0.2) is 48.7 Å². The van der Waals surface area contributed by atoms with Crippen LogP contribution in [0.1, 0.15) is 10.4 Å². The lowest BCUT2D eigenvalue weighted by molar-refractivity contribution is 0.104. The molecule has 0 saturated carbocycles. The van der Waals surface area contributed by atoms with Crippen LogP contribution in [0.2, 0.25) is 10.0 Å². The van der Waals surface area contributed by atoms with E-state index in [2.05, 4.69) is 5.32 Å². The van der Waals surface area contributed by atoms with Gasteiger partial charge in [0.05, 0.1) is 0 Å². The molecule has 2 aromatic carbocycles. The Labute approximate surface area is 137 Å². The van der Waals surface area contributed by atoms with E-state index in [1.54, 1.807) is 36.4 Å². The van der Waals surface area contributed by atoms with Crippen molar-refractivity contribution in [1.82, 2.24) is 0 Å². The molecule has 1 aliphatic heterocycles. The number of ether oxygens (including phenoxy) is 2. The molecule has 22 heavy (non-hydrogen) atoms. The molecule has 6 heteroatoms. The molecule has 0 spiro atoms. The van der Waals surface area contributed by atoms with Gasteiger partial charge in [0.2, 0.25) is 6.79 Å². The molecule has 0 fully saturated rings. The van der Waals surface area contributed by atoms with Crippen molar-refractivity contribution in [3.05, 3.63) is 64.3 Å². The highest BCUT2D eigenvalue weighted by Gasteiger charge is 2.14. The third-order valence-electron chi connectivity index (χ3n) is 3.00. The van der Waals surface area contributed by atoms with E-state index in [1.807, 2.05) is 0 Å². The first kappa shape index (κ1) is 14.8. The molecular weight excluding hydrogens is 325 g/mol. The van der Waals surface area contributed by atoms with Crippen molar-refractivity contribution in [3.8, 4) is 11.5 Å². The molecule has 0 bridgehead atoms. The zero-order valence-electron chi connectivity index (χ0n) is 11.3. The molecule has 0 aromatic heterocycles. The monoisotopic (exact) mass is 335 g/mol. The van der Waals surface area contributed by atoms with Gasteiger partial charge in [-0.1, -0.05) is 23.2 Å². The van der Waals surface area contributed by atoms with Gasteiger partial charge in [0.15, 0.2) is 17.3 Å². The zero-order valence-corrected chi connectivity index (χ0v) is 12.8. The lowest BCUT2D eigenvalue weighted by Gasteiger charge is -2.02. The van der Waals surface area contributed by atoms with Crippen LogP contribution >= 0.6 is 23.2 Å². The number of benzene rings is 2. The topological polar surface area (TPSA) is 47.6 Å². The number of rotatable bonds is 4. The lowest BCUT2D eigenvalue weighted by Crippen LogP contribution is -1.96. The molecule has 0 radical (unpaired) electrons. The van der Waals surface area contributed by atoms with Crippen molar-refractivity contribution in [1.29, 1.82) is 0 Å². The summed E-state index contributed by atoms with van der Waals surface area (Å²) in [4.78, 5) is 12.1. The number of hydrogen-bond acceptors (Lipinski definition) is 4. The Morgan fingerprint density at radius 2 is 1.77 bits per heavy atom. The van der Waals surface area contributed by atoms with Crippen LogP contribution in [-0.2, 0) is 0 Å². The third-order valence-corrected chi connectivity index (χ3v) is 3.44. The third kappa shape index (κ3) is 3.35. The average Bonchev–Trinajstić information content (AvgIpc) is 2.93. The van der Waals surface area contributed by atoms with Gasteiger partial charge in [0, 0.05) is 33.6 Å². The number of carbonyl (C=O) groups is 1. The maximum absolute atomic E-state index is 12.1. The fraction of sp³-hybridized carbons (Fsp3) is 0.0625. The van der Waals surface area contributed by atoms with E-state index in [0.717, 1.165) is 0 Å². The Kier molecular flexibility index (Phi) is 4.22. The Balaban J connectivity index is 1.68. The van der Waals surface area contributed by atoms with E-state index in [1.165, 1.54) is 12.3 Å². The van der Waals surface area contributed by atoms with Gasteiger partial charge in [-0.25, -0.2) is 0 Å². The summed E-state index contributed by atoms with van der Waals surface area (Å²) >= 11 is 11.8. The maximum Gasteiger partial charge on any atom is 0.231 e. The quantitative estimate of drug-likeness (QED) is 0.658. The standard InChI is InChI=1S/C16H11Cl2NO3/c17-11-6-12(18)8-13(7-11)19-4-3-14(20)10-1-2-15-16(5-10)22-9-21-15/h1-8,19H,9H2/b4-3+. The fourth-order valence-corrected chi connectivity index (χ4v) is 2.52. The summed E-state index contributed by atoms with van der Waals surface area (Å²) in [6, 6.07) is 10.1. The van der Waals surface area contributed by atoms with E-state index < -0.39 is 0 Å². The Hall–Kier alpha value is -2.17. The summed E-state index contributed by atoms with van der Waals surface area (Å²) < 4.78 is 10.5. The van der Waals surface area contributed by atoms with Gasteiger partial charge in [-0.2, -0.15) is 0 Å².